The molecule has 5 heteroatoms. The first-order valence-corrected chi connectivity index (χ1v) is 6.63. The summed E-state index contributed by atoms with van der Waals surface area (Å²) >= 11 is 3.22. The Labute approximate surface area is 124 Å². The van der Waals surface area contributed by atoms with Crippen LogP contribution in [0.2, 0.25) is 0 Å². The van der Waals surface area contributed by atoms with Gasteiger partial charge < -0.3 is 9.47 Å². The Hall–Kier alpha value is -1.88. The van der Waals surface area contributed by atoms with Crippen LogP contribution in [0.15, 0.2) is 40.9 Å². The number of benzene rings is 2. The highest BCUT2D eigenvalue weighted by atomic mass is 79.9. The van der Waals surface area contributed by atoms with Crippen molar-refractivity contribution in [2.45, 2.75) is 6.61 Å². The number of carbonyl (C=O) groups excluding carboxylic acids is 1. The molecular formula is C15H12BrFO3. The zero-order chi connectivity index (χ0) is 14.5. The summed E-state index contributed by atoms with van der Waals surface area (Å²) in [6, 6.07) is 9.52. The van der Waals surface area contributed by atoms with Crippen LogP contribution in [0.4, 0.5) is 4.39 Å². The fourth-order valence-corrected chi connectivity index (χ4v) is 2.30. The van der Waals surface area contributed by atoms with Crippen LogP contribution in [0, 0.1) is 5.82 Å². The lowest BCUT2D eigenvalue weighted by Crippen LogP contribution is -2.01. The van der Waals surface area contributed by atoms with E-state index in [2.05, 4.69) is 15.9 Å². The van der Waals surface area contributed by atoms with E-state index in [0.29, 0.717) is 33.4 Å². The van der Waals surface area contributed by atoms with E-state index in [-0.39, 0.29) is 12.4 Å². The van der Waals surface area contributed by atoms with E-state index >= 15 is 0 Å². The van der Waals surface area contributed by atoms with Crippen molar-refractivity contribution in [2.24, 2.45) is 0 Å². The van der Waals surface area contributed by atoms with E-state index in [1.54, 1.807) is 24.3 Å². The number of aldehydes is 1. The molecule has 0 bridgehead atoms. The predicted molar refractivity (Wildman–Crippen MR) is 76.8 cm³/mol. The van der Waals surface area contributed by atoms with Crippen LogP contribution in [0.25, 0.3) is 0 Å². The highest BCUT2D eigenvalue weighted by Crippen LogP contribution is 2.31. The van der Waals surface area contributed by atoms with Crippen molar-refractivity contribution in [1.29, 1.82) is 0 Å². The van der Waals surface area contributed by atoms with Gasteiger partial charge in [0.25, 0.3) is 0 Å². The Balaban J connectivity index is 2.24. The summed E-state index contributed by atoms with van der Waals surface area (Å²) in [5, 5.41) is 0. The zero-order valence-electron chi connectivity index (χ0n) is 10.7. The summed E-state index contributed by atoms with van der Waals surface area (Å²) in [6.45, 7) is 0.136. The molecule has 0 unspecified atom stereocenters. The molecular weight excluding hydrogens is 327 g/mol. The molecule has 0 amide bonds. The van der Waals surface area contributed by atoms with E-state index in [4.69, 9.17) is 9.47 Å². The molecule has 0 radical (unpaired) electrons. The van der Waals surface area contributed by atoms with Gasteiger partial charge >= 0.3 is 0 Å². The molecule has 0 aliphatic rings. The SMILES string of the molecule is COc1cccc(C=O)c1OCc1cc(F)cc(Br)c1. The van der Waals surface area contributed by atoms with Crippen LogP contribution >= 0.6 is 15.9 Å². The second-order valence-electron chi connectivity index (χ2n) is 4.06. The van der Waals surface area contributed by atoms with Crippen molar-refractivity contribution in [1.82, 2.24) is 0 Å². The molecule has 2 aromatic rings. The van der Waals surface area contributed by atoms with Crippen LogP contribution in [0.5, 0.6) is 11.5 Å². The topological polar surface area (TPSA) is 35.5 Å². The number of hydrogen-bond acceptors (Lipinski definition) is 3. The number of hydrogen-bond donors (Lipinski definition) is 0. The minimum Gasteiger partial charge on any atom is -0.493 e. The van der Waals surface area contributed by atoms with Crippen LogP contribution < -0.4 is 9.47 Å². The van der Waals surface area contributed by atoms with E-state index in [0.717, 1.165) is 0 Å². The molecule has 0 fully saturated rings. The predicted octanol–water partition coefficient (Wildman–Crippen LogP) is 3.99. The first-order chi connectivity index (χ1) is 9.63. The summed E-state index contributed by atoms with van der Waals surface area (Å²) in [4.78, 5) is 11.0. The average Bonchev–Trinajstić information content (AvgIpc) is 2.43. The number of methoxy groups -OCH3 is 1. The molecule has 104 valence electrons. The molecule has 0 aromatic heterocycles. The van der Waals surface area contributed by atoms with Gasteiger partial charge in [-0.2, -0.15) is 0 Å². The van der Waals surface area contributed by atoms with Crippen molar-refractivity contribution < 1.29 is 18.7 Å². The third-order valence-corrected chi connectivity index (χ3v) is 3.12. The lowest BCUT2D eigenvalue weighted by atomic mass is 10.2. The maximum atomic E-state index is 13.3. The van der Waals surface area contributed by atoms with Crippen molar-refractivity contribution in [3.8, 4) is 11.5 Å². The first-order valence-electron chi connectivity index (χ1n) is 5.84. The minimum absolute atomic E-state index is 0.136. The van der Waals surface area contributed by atoms with Gasteiger partial charge in [0.15, 0.2) is 17.8 Å². The van der Waals surface area contributed by atoms with Gasteiger partial charge in [0.05, 0.1) is 12.7 Å². The fraction of sp³-hybridized carbons (Fsp3) is 0.133. The molecule has 3 nitrogen and oxygen atoms in total. The molecule has 2 rings (SSSR count). The minimum atomic E-state index is -0.353. The average molecular weight is 339 g/mol. The van der Waals surface area contributed by atoms with Crippen molar-refractivity contribution in [3.63, 3.8) is 0 Å². The van der Waals surface area contributed by atoms with Gasteiger partial charge in [-0.15, -0.1) is 0 Å². The summed E-state index contributed by atoms with van der Waals surface area (Å²) in [6.07, 6.45) is 0.694. The number of para-hydroxylation sites is 1. The summed E-state index contributed by atoms with van der Waals surface area (Å²) in [5.41, 5.74) is 1.04. The number of halogens is 2. The van der Waals surface area contributed by atoms with E-state index in [1.165, 1.54) is 19.2 Å². The third kappa shape index (κ3) is 3.36. The molecule has 20 heavy (non-hydrogen) atoms. The second kappa shape index (κ2) is 6.52. The highest BCUT2D eigenvalue weighted by Gasteiger charge is 2.10. The maximum absolute atomic E-state index is 13.3. The maximum Gasteiger partial charge on any atom is 0.172 e. The van der Waals surface area contributed by atoms with Crippen molar-refractivity contribution >= 4 is 22.2 Å². The summed E-state index contributed by atoms with van der Waals surface area (Å²) in [7, 11) is 1.50. The lowest BCUT2D eigenvalue weighted by Gasteiger charge is -2.12. The molecule has 0 aliphatic heterocycles. The van der Waals surface area contributed by atoms with Gasteiger partial charge in [0.2, 0.25) is 0 Å². The Morgan fingerprint density at radius 3 is 2.75 bits per heavy atom. The van der Waals surface area contributed by atoms with Gasteiger partial charge in [0.1, 0.15) is 12.4 Å². The smallest absolute Gasteiger partial charge is 0.172 e. The molecule has 0 N–H and O–H groups in total. The Morgan fingerprint density at radius 1 is 1.30 bits per heavy atom. The fourth-order valence-electron chi connectivity index (χ4n) is 1.79. The van der Waals surface area contributed by atoms with Crippen LogP contribution in [-0.4, -0.2) is 13.4 Å². The van der Waals surface area contributed by atoms with Crippen molar-refractivity contribution in [3.05, 3.63) is 57.8 Å². The molecule has 0 saturated heterocycles. The van der Waals surface area contributed by atoms with Crippen LogP contribution in [0.1, 0.15) is 15.9 Å². The van der Waals surface area contributed by atoms with Gasteiger partial charge in [-0.1, -0.05) is 22.0 Å². The van der Waals surface area contributed by atoms with Crippen LogP contribution in [-0.2, 0) is 6.61 Å². The molecule has 0 heterocycles. The van der Waals surface area contributed by atoms with Crippen LogP contribution in [0.3, 0.4) is 0 Å². The summed E-state index contributed by atoms with van der Waals surface area (Å²) < 4.78 is 24.7. The van der Waals surface area contributed by atoms with E-state index in [9.17, 15) is 9.18 Å². The standard InChI is InChI=1S/C15H12BrFO3/c1-19-14-4-2-3-11(8-18)15(14)20-9-10-5-12(16)7-13(17)6-10/h2-8H,9H2,1H3. The Morgan fingerprint density at radius 2 is 2.10 bits per heavy atom. The monoisotopic (exact) mass is 338 g/mol. The first kappa shape index (κ1) is 14.5. The quantitative estimate of drug-likeness (QED) is 0.773. The van der Waals surface area contributed by atoms with Gasteiger partial charge in [-0.3, -0.25) is 4.79 Å². The summed E-state index contributed by atoms with van der Waals surface area (Å²) in [5.74, 6) is 0.462. The van der Waals surface area contributed by atoms with Crippen molar-refractivity contribution in [2.75, 3.05) is 7.11 Å². The Kier molecular flexibility index (Phi) is 4.74. The van der Waals surface area contributed by atoms with E-state index in [1.807, 2.05) is 0 Å². The lowest BCUT2D eigenvalue weighted by molar-refractivity contribution is 0.111. The molecule has 0 atom stereocenters. The molecule has 0 saturated carbocycles. The van der Waals surface area contributed by atoms with Gasteiger partial charge in [-0.05, 0) is 35.9 Å². The number of rotatable bonds is 5. The molecule has 0 spiro atoms. The van der Waals surface area contributed by atoms with E-state index < -0.39 is 0 Å². The third-order valence-electron chi connectivity index (χ3n) is 2.66. The van der Waals surface area contributed by atoms with Gasteiger partial charge in [0, 0.05) is 4.47 Å². The highest BCUT2D eigenvalue weighted by molar-refractivity contribution is 9.10. The second-order valence-corrected chi connectivity index (χ2v) is 4.98. The largest absolute Gasteiger partial charge is 0.493 e. The van der Waals surface area contributed by atoms with Gasteiger partial charge in [-0.25, -0.2) is 4.39 Å². The number of carbonyl (C=O) groups is 1. The number of ether oxygens (including phenoxy) is 2. The zero-order valence-corrected chi connectivity index (χ0v) is 12.3. The molecule has 2 aromatic carbocycles. The normalized spacial score (nSPS) is 10.2. The Bertz CT molecular complexity index is 608. The molecule has 0 aliphatic carbocycles.